The van der Waals surface area contributed by atoms with Gasteiger partial charge in [0.15, 0.2) is 0 Å². The Labute approximate surface area is 172 Å². The zero-order valence-electron chi connectivity index (χ0n) is 15.4. The molecule has 0 bridgehead atoms. The van der Waals surface area contributed by atoms with E-state index in [9.17, 15) is 13.2 Å². The highest BCUT2D eigenvalue weighted by atomic mass is 79.9. The van der Waals surface area contributed by atoms with Crippen LogP contribution in [0.3, 0.4) is 0 Å². The van der Waals surface area contributed by atoms with Crippen molar-refractivity contribution in [2.24, 2.45) is 0 Å². The summed E-state index contributed by atoms with van der Waals surface area (Å²) in [5.41, 5.74) is 1.39. The van der Waals surface area contributed by atoms with Crippen LogP contribution < -0.4 is 10.1 Å². The van der Waals surface area contributed by atoms with Crippen LogP contribution in [0.15, 0.2) is 50.7 Å². The van der Waals surface area contributed by atoms with Crippen molar-refractivity contribution < 1.29 is 17.9 Å². The molecule has 0 heterocycles. The average Bonchev–Trinajstić information content (AvgIpc) is 2.60. The van der Waals surface area contributed by atoms with Crippen LogP contribution in [0, 0.1) is 6.92 Å². The first kappa shape index (κ1) is 21.7. The summed E-state index contributed by atoms with van der Waals surface area (Å²) in [5, 5.41) is 2.74. The minimum atomic E-state index is -3.61. The lowest BCUT2D eigenvalue weighted by molar-refractivity contribution is -0.113. The van der Waals surface area contributed by atoms with Gasteiger partial charge in [0.25, 0.3) is 0 Å². The number of methoxy groups -OCH3 is 1. The van der Waals surface area contributed by atoms with E-state index >= 15 is 0 Å². The van der Waals surface area contributed by atoms with Crippen LogP contribution in [0.5, 0.6) is 5.75 Å². The molecule has 0 saturated carbocycles. The number of thioether (sulfide) groups is 1. The number of aryl methyl sites for hydroxylation is 1. The van der Waals surface area contributed by atoms with Crippen molar-refractivity contribution in [3.05, 3.63) is 46.4 Å². The summed E-state index contributed by atoms with van der Waals surface area (Å²) in [6, 6.07) is 10.2. The first-order chi connectivity index (χ1) is 12.6. The Morgan fingerprint density at radius 2 is 1.93 bits per heavy atom. The minimum Gasteiger partial charge on any atom is -0.495 e. The molecule has 0 atom stereocenters. The summed E-state index contributed by atoms with van der Waals surface area (Å²) >= 11 is 4.83. The first-order valence-electron chi connectivity index (χ1n) is 7.94. The zero-order chi connectivity index (χ0) is 20.2. The van der Waals surface area contributed by atoms with Gasteiger partial charge in [-0.05, 0) is 48.9 Å². The van der Waals surface area contributed by atoms with Gasteiger partial charge in [-0.3, -0.25) is 4.79 Å². The minimum absolute atomic E-state index is 0.0833. The van der Waals surface area contributed by atoms with E-state index < -0.39 is 10.0 Å². The first-order valence-corrected chi connectivity index (χ1v) is 11.2. The maximum atomic E-state index is 12.4. The number of sulfonamides is 1. The van der Waals surface area contributed by atoms with Gasteiger partial charge in [0, 0.05) is 23.5 Å². The van der Waals surface area contributed by atoms with E-state index in [1.165, 1.54) is 51.2 Å². The van der Waals surface area contributed by atoms with Crippen LogP contribution in [0.1, 0.15) is 5.56 Å². The molecule has 0 aliphatic heterocycles. The third-order valence-corrected chi connectivity index (χ3v) is 7.20. The van der Waals surface area contributed by atoms with Gasteiger partial charge in [0.05, 0.1) is 23.4 Å². The topological polar surface area (TPSA) is 75.7 Å². The number of anilines is 1. The molecule has 1 amide bonds. The zero-order valence-corrected chi connectivity index (χ0v) is 18.7. The van der Waals surface area contributed by atoms with Crippen molar-refractivity contribution in [1.29, 1.82) is 0 Å². The molecule has 6 nitrogen and oxygen atoms in total. The molecule has 2 rings (SSSR count). The molecular weight excluding hydrogens is 452 g/mol. The SMILES string of the molecule is COc1ccc(S(=O)(=O)N(C)C)cc1NC(=O)CSc1ccc(Br)cc1C. The maximum Gasteiger partial charge on any atom is 0.242 e. The number of nitrogens with one attached hydrogen (secondary N) is 1. The highest BCUT2D eigenvalue weighted by Gasteiger charge is 2.20. The number of benzene rings is 2. The molecule has 0 aliphatic rings. The lowest BCUT2D eigenvalue weighted by Gasteiger charge is -2.15. The lowest BCUT2D eigenvalue weighted by atomic mass is 10.2. The number of hydrogen-bond donors (Lipinski definition) is 1. The molecule has 27 heavy (non-hydrogen) atoms. The van der Waals surface area contributed by atoms with Crippen LogP contribution in [-0.2, 0) is 14.8 Å². The second-order valence-electron chi connectivity index (χ2n) is 5.90. The lowest BCUT2D eigenvalue weighted by Crippen LogP contribution is -2.22. The fourth-order valence-electron chi connectivity index (χ4n) is 2.26. The van der Waals surface area contributed by atoms with Crippen molar-refractivity contribution in [3.8, 4) is 5.75 Å². The number of amides is 1. The Morgan fingerprint density at radius 1 is 1.22 bits per heavy atom. The van der Waals surface area contributed by atoms with E-state index in [1.807, 2.05) is 25.1 Å². The van der Waals surface area contributed by atoms with E-state index in [2.05, 4.69) is 21.2 Å². The summed E-state index contributed by atoms with van der Waals surface area (Å²) in [6.45, 7) is 1.98. The van der Waals surface area contributed by atoms with Crippen molar-refractivity contribution in [3.63, 3.8) is 0 Å². The molecular formula is C18H21BrN2O4S2. The molecule has 2 aromatic rings. The highest BCUT2D eigenvalue weighted by Crippen LogP contribution is 2.29. The van der Waals surface area contributed by atoms with Crippen LogP contribution in [0.2, 0.25) is 0 Å². The molecule has 0 radical (unpaired) electrons. The number of rotatable bonds is 7. The van der Waals surface area contributed by atoms with E-state index in [4.69, 9.17) is 4.74 Å². The standard InChI is InChI=1S/C18H21BrN2O4S2/c1-12-9-13(19)5-8-17(12)26-11-18(22)20-15-10-14(6-7-16(15)25-4)27(23,24)21(2)3/h5-10H,11H2,1-4H3,(H,20,22). The third kappa shape index (κ3) is 5.47. The number of hydrogen-bond acceptors (Lipinski definition) is 5. The fraction of sp³-hybridized carbons (Fsp3) is 0.278. The summed E-state index contributed by atoms with van der Waals surface area (Å²) < 4.78 is 32.0. The smallest absolute Gasteiger partial charge is 0.242 e. The molecule has 0 unspecified atom stereocenters. The van der Waals surface area contributed by atoms with Gasteiger partial charge in [-0.1, -0.05) is 15.9 Å². The molecule has 2 aromatic carbocycles. The largest absolute Gasteiger partial charge is 0.495 e. The molecule has 0 aliphatic carbocycles. The van der Waals surface area contributed by atoms with Crippen molar-refractivity contribution in [2.45, 2.75) is 16.7 Å². The molecule has 9 heteroatoms. The monoisotopic (exact) mass is 472 g/mol. The summed E-state index contributed by atoms with van der Waals surface area (Å²) in [5.74, 6) is 0.335. The fourth-order valence-corrected chi connectivity index (χ4v) is 4.47. The van der Waals surface area contributed by atoms with E-state index in [-0.39, 0.29) is 16.6 Å². The average molecular weight is 473 g/mol. The molecule has 0 fully saturated rings. The predicted molar refractivity (Wildman–Crippen MR) is 112 cm³/mol. The molecule has 0 spiro atoms. The van der Waals surface area contributed by atoms with Gasteiger partial charge < -0.3 is 10.1 Å². The van der Waals surface area contributed by atoms with Crippen molar-refractivity contribution in [1.82, 2.24) is 4.31 Å². The maximum absolute atomic E-state index is 12.4. The molecule has 1 N–H and O–H groups in total. The van der Waals surface area contributed by atoms with Crippen LogP contribution >= 0.6 is 27.7 Å². The number of nitrogens with zero attached hydrogens (tertiary/aromatic N) is 1. The van der Waals surface area contributed by atoms with Gasteiger partial charge in [-0.25, -0.2) is 12.7 Å². The van der Waals surface area contributed by atoms with E-state index in [0.717, 1.165) is 19.2 Å². The van der Waals surface area contributed by atoms with Gasteiger partial charge >= 0.3 is 0 Å². The second kappa shape index (κ2) is 9.09. The van der Waals surface area contributed by atoms with Crippen LogP contribution in [0.4, 0.5) is 5.69 Å². The van der Waals surface area contributed by atoms with Crippen molar-refractivity contribution in [2.75, 3.05) is 32.3 Å². The van der Waals surface area contributed by atoms with E-state index in [1.54, 1.807) is 0 Å². The number of halogens is 1. The number of carbonyl (C=O) groups is 1. The van der Waals surface area contributed by atoms with E-state index in [0.29, 0.717) is 11.4 Å². The Morgan fingerprint density at radius 3 is 2.52 bits per heavy atom. The Bertz CT molecular complexity index is 946. The van der Waals surface area contributed by atoms with Crippen LogP contribution in [0.25, 0.3) is 0 Å². The number of carbonyl (C=O) groups excluding carboxylic acids is 1. The predicted octanol–water partition coefficient (Wildman–Crippen LogP) is 3.75. The Hall–Kier alpha value is -1.55. The Balaban J connectivity index is 2.16. The van der Waals surface area contributed by atoms with Gasteiger partial charge in [0.1, 0.15) is 5.75 Å². The van der Waals surface area contributed by atoms with Crippen LogP contribution in [-0.4, -0.2) is 45.6 Å². The van der Waals surface area contributed by atoms with Crippen molar-refractivity contribution >= 4 is 49.3 Å². The molecule has 0 saturated heterocycles. The van der Waals surface area contributed by atoms with Gasteiger partial charge in [0.2, 0.25) is 15.9 Å². The van der Waals surface area contributed by atoms with Gasteiger partial charge in [-0.2, -0.15) is 0 Å². The summed E-state index contributed by atoms with van der Waals surface area (Å²) in [6.07, 6.45) is 0. The second-order valence-corrected chi connectivity index (χ2v) is 9.98. The summed E-state index contributed by atoms with van der Waals surface area (Å²) in [4.78, 5) is 13.5. The highest BCUT2D eigenvalue weighted by molar-refractivity contribution is 9.10. The van der Waals surface area contributed by atoms with Gasteiger partial charge in [-0.15, -0.1) is 11.8 Å². The molecule has 0 aromatic heterocycles. The quantitative estimate of drug-likeness (QED) is 0.620. The third-order valence-electron chi connectivity index (χ3n) is 3.72. The molecule has 146 valence electrons. The number of ether oxygens (including phenoxy) is 1. The Kier molecular flexibility index (Phi) is 7.32. The summed E-state index contributed by atoms with van der Waals surface area (Å²) in [7, 11) is 0.762. The normalized spacial score (nSPS) is 11.5.